The molecule has 0 saturated heterocycles. The molecule has 0 aromatic heterocycles. The molecule has 23 heavy (non-hydrogen) atoms. The van der Waals surface area contributed by atoms with Gasteiger partial charge in [0.25, 0.3) is 0 Å². The lowest BCUT2D eigenvalue weighted by molar-refractivity contribution is 0.0635. The second-order valence-corrected chi connectivity index (χ2v) is 5.97. The Labute approximate surface area is 136 Å². The highest BCUT2D eigenvalue weighted by Gasteiger charge is 2.42. The van der Waals surface area contributed by atoms with E-state index in [1.165, 1.54) is 0 Å². The smallest absolute Gasteiger partial charge is 0.125 e. The van der Waals surface area contributed by atoms with Crippen molar-refractivity contribution in [1.29, 1.82) is 0 Å². The number of aliphatic hydroxyl groups is 1. The van der Waals surface area contributed by atoms with Crippen LogP contribution in [0, 0.1) is 0 Å². The first kappa shape index (κ1) is 14.0. The third kappa shape index (κ3) is 2.21. The summed E-state index contributed by atoms with van der Waals surface area (Å²) >= 11 is 0. The first-order chi connectivity index (χ1) is 11.3. The molecule has 0 saturated carbocycles. The molecule has 0 spiro atoms. The van der Waals surface area contributed by atoms with Crippen LogP contribution in [0.4, 0.5) is 0 Å². The fourth-order valence-electron chi connectivity index (χ4n) is 3.54. The molecule has 3 aromatic carbocycles. The average molecular weight is 298 g/mol. The molecule has 3 aromatic rings. The van der Waals surface area contributed by atoms with Gasteiger partial charge in [0.2, 0.25) is 0 Å². The highest BCUT2D eigenvalue weighted by atomic mass is 16.3. The van der Waals surface area contributed by atoms with Crippen molar-refractivity contribution >= 4 is 6.08 Å². The monoisotopic (exact) mass is 298 g/mol. The first-order valence-corrected chi connectivity index (χ1v) is 7.91. The van der Waals surface area contributed by atoms with Gasteiger partial charge < -0.3 is 5.11 Å². The van der Waals surface area contributed by atoms with Gasteiger partial charge in [0.1, 0.15) is 5.60 Å². The summed E-state index contributed by atoms with van der Waals surface area (Å²) < 4.78 is 0. The second kappa shape index (κ2) is 5.53. The van der Waals surface area contributed by atoms with E-state index in [0.717, 1.165) is 22.3 Å². The first-order valence-electron chi connectivity index (χ1n) is 7.91. The van der Waals surface area contributed by atoms with Crippen LogP contribution in [0.2, 0.25) is 0 Å². The quantitative estimate of drug-likeness (QED) is 0.725. The van der Waals surface area contributed by atoms with Crippen LogP contribution in [0.1, 0.15) is 28.2 Å². The van der Waals surface area contributed by atoms with E-state index < -0.39 is 5.60 Å². The van der Waals surface area contributed by atoms with Gasteiger partial charge in [-0.15, -0.1) is 0 Å². The highest BCUT2D eigenvalue weighted by molar-refractivity contribution is 5.64. The molecule has 0 aliphatic heterocycles. The predicted octanol–water partition coefficient (Wildman–Crippen LogP) is 4.73. The summed E-state index contributed by atoms with van der Waals surface area (Å²) in [4.78, 5) is 0. The van der Waals surface area contributed by atoms with E-state index in [-0.39, 0.29) is 5.92 Å². The standard InChI is InChI=1S/C22H18O/c23-22(19-12-5-2-6-13-19)20-14-8-7-11-18(20)15-16-21(22)17-9-3-1-4-10-17/h1-16,21,23H/t21-,22-/m0/s1. The molecule has 0 heterocycles. The van der Waals surface area contributed by atoms with Crippen LogP contribution in [0.5, 0.6) is 0 Å². The van der Waals surface area contributed by atoms with Crippen LogP contribution >= 0.6 is 0 Å². The summed E-state index contributed by atoms with van der Waals surface area (Å²) in [5.74, 6) is -0.110. The fourth-order valence-corrected chi connectivity index (χ4v) is 3.54. The normalized spacial score (nSPS) is 22.6. The largest absolute Gasteiger partial charge is 0.379 e. The summed E-state index contributed by atoms with van der Waals surface area (Å²) in [6, 6.07) is 28.3. The lowest BCUT2D eigenvalue weighted by Crippen LogP contribution is -2.36. The third-order valence-electron chi connectivity index (χ3n) is 4.66. The zero-order valence-corrected chi connectivity index (χ0v) is 12.8. The van der Waals surface area contributed by atoms with Crippen LogP contribution < -0.4 is 0 Å². The molecule has 0 unspecified atom stereocenters. The van der Waals surface area contributed by atoms with Crippen LogP contribution in [-0.2, 0) is 5.60 Å². The Kier molecular flexibility index (Phi) is 3.36. The minimum Gasteiger partial charge on any atom is -0.379 e. The van der Waals surface area contributed by atoms with E-state index in [9.17, 15) is 5.11 Å². The Balaban J connectivity index is 1.97. The molecule has 112 valence electrons. The number of fused-ring (bicyclic) bond motifs is 1. The fraction of sp³-hybridized carbons (Fsp3) is 0.0909. The van der Waals surface area contributed by atoms with Crippen molar-refractivity contribution in [2.75, 3.05) is 0 Å². The number of benzene rings is 3. The molecule has 1 nitrogen and oxygen atoms in total. The molecule has 0 bridgehead atoms. The van der Waals surface area contributed by atoms with E-state index in [0.29, 0.717) is 0 Å². The van der Waals surface area contributed by atoms with E-state index in [4.69, 9.17) is 0 Å². The topological polar surface area (TPSA) is 20.2 Å². The van der Waals surface area contributed by atoms with Crippen molar-refractivity contribution in [3.05, 3.63) is 113 Å². The Hall–Kier alpha value is -2.64. The van der Waals surface area contributed by atoms with Crippen molar-refractivity contribution in [2.45, 2.75) is 11.5 Å². The second-order valence-electron chi connectivity index (χ2n) is 5.97. The molecular weight excluding hydrogens is 280 g/mol. The van der Waals surface area contributed by atoms with Gasteiger partial charge in [-0.2, -0.15) is 0 Å². The molecule has 0 fully saturated rings. The molecule has 1 aliphatic rings. The zero-order valence-electron chi connectivity index (χ0n) is 12.8. The van der Waals surface area contributed by atoms with Crippen molar-refractivity contribution in [1.82, 2.24) is 0 Å². The molecule has 1 N–H and O–H groups in total. The van der Waals surface area contributed by atoms with E-state index in [1.807, 2.05) is 66.7 Å². The van der Waals surface area contributed by atoms with Crippen LogP contribution in [0.3, 0.4) is 0 Å². The van der Waals surface area contributed by atoms with E-state index >= 15 is 0 Å². The highest BCUT2D eigenvalue weighted by Crippen LogP contribution is 2.47. The van der Waals surface area contributed by atoms with Gasteiger partial charge in [-0.05, 0) is 22.3 Å². The Morgan fingerprint density at radius 3 is 2.04 bits per heavy atom. The maximum absolute atomic E-state index is 11.9. The predicted molar refractivity (Wildman–Crippen MR) is 94.1 cm³/mol. The summed E-state index contributed by atoms with van der Waals surface area (Å²) in [5.41, 5.74) is 3.01. The average Bonchev–Trinajstić information content (AvgIpc) is 2.64. The molecule has 1 aliphatic carbocycles. The number of hydrogen-bond donors (Lipinski definition) is 1. The maximum atomic E-state index is 11.9. The van der Waals surface area contributed by atoms with Crippen LogP contribution in [-0.4, -0.2) is 5.11 Å². The SMILES string of the molecule is O[C@@]1(c2ccccc2)c2ccccc2C=C[C@H]1c1ccccc1. The minimum absolute atomic E-state index is 0.110. The Bertz CT molecular complexity index is 836. The van der Waals surface area contributed by atoms with Crippen molar-refractivity contribution < 1.29 is 5.11 Å². The zero-order chi connectivity index (χ0) is 15.7. The maximum Gasteiger partial charge on any atom is 0.125 e. The van der Waals surface area contributed by atoms with E-state index in [1.54, 1.807) is 0 Å². The van der Waals surface area contributed by atoms with E-state index in [2.05, 4.69) is 30.4 Å². The minimum atomic E-state index is -1.06. The number of hydrogen-bond acceptors (Lipinski definition) is 1. The van der Waals surface area contributed by atoms with Gasteiger partial charge >= 0.3 is 0 Å². The molecule has 1 heteroatoms. The van der Waals surface area contributed by atoms with Gasteiger partial charge in [-0.3, -0.25) is 0 Å². The summed E-state index contributed by atoms with van der Waals surface area (Å²) in [6.45, 7) is 0. The molecule has 4 rings (SSSR count). The molecule has 0 radical (unpaired) electrons. The molecular formula is C22H18O. The van der Waals surface area contributed by atoms with Gasteiger partial charge in [0.15, 0.2) is 0 Å². The Morgan fingerprint density at radius 2 is 1.30 bits per heavy atom. The summed E-state index contributed by atoms with van der Waals surface area (Å²) in [5, 5.41) is 11.9. The van der Waals surface area contributed by atoms with Crippen molar-refractivity contribution in [3.63, 3.8) is 0 Å². The van der Waals surface area contributed by atoms with Crippen molar-refractivity contribution in [2.24, 2.45) is 0 Å². The number of rotatable bonds is 2. The molecule has 2 atom stereocenters. The third-order valence-corrected chi connectivity index (χ3v) is 4.66. The Morgan fingerprint density at radius 1 is 0.696 bits per heavy atom. The lowest BCUT2D eigenvalue weighted by atomic mass is 9.69. The van der Waals surface area contributed by atoms with Crippen molar-refractivity contribution in [3.8, 4) is 0 Å². The summed E-state index contributed by atoms with van der Waals surface area (Å²) in [7, 11) is 0. The summed E-state index contributed by atoms with van der Waals surface area (Å²) in [6.07, 6.45) is 4.23. The van der Waals surface area contributed by atoms with Crippen LogP contribution in [0.15, 0.2) is 91.0 Å². The van der Waals surface area contributed by atoms with Gasteiger partial charge in [0, 0.05) is 5.92 Å². The lowest BCUT2D eigenvalue weighted by Gasteiger charge is -2.39. The van der Waals surface area contributed by atoms with Gasteiger partial charge in [-0.1, -0.05) is 97.1 Å². The molecule has 0 amide bonds. The van der Waals surface area contributed by atoms with Gasteiger partial charge in [-0.25, -0.2) is 0 Å². The van der Waals surface area contributed by atoms with Gasteiger partial charge in [0.05, 0.1) is 0 Å². The van der Waals surface area contributed by atoms with Crippen LogP contribution in [0.25, 0.3) is 6.08 Å².